The molecule has 6 heteroatoms. The molecule has 176 valence electrons. The van der Waals surface area contributed by atoms with Crippen molar-refractivity contribution in [1.29, 1.82) is 0 Å². The van der Waals surface area contributed by atoms with Gasteiger partial charge < -0.3 is 19.1 Å². The van der Waals surface area contributed by atoms with E-state index in [0.717, 1.165) is 55.4 Å². The Bertz CT molecular complexity index is 1050. The van der Waals surface area contributed by atoms with Crippen LogP contribution in [-0.4, -0.2) is 44.9 Å². The van der Waals surface area contributed by atoms with Crippen LogP contribution in [0, 0.1) is 13.8 Å². The van der Waals surface area contributed by atoms with Gasteiger partial charge in [-0.1, -0.05) is 29.8 Å². The van der Waals surface area contributed by atoms with Crippen LogP contribution < -0.4 is 9.47 Å². The summed E-state index contributed by atoms with van der Waals surface area (Å²) in [5, 5.41) is 11.2. The maximum absolute atomic E-state index is 11.2. The Morgan fingerprint density at radius 2 is 1.85 bits per heavy atom. The van der Waals surface area contributed by atoms with Crippen molar-refractivity contribution in [2.24, 2.45) is 7.05 Å². The zero-order valence-corrected chi connectivity index (χ0v) is 20.0. The summed E-state index contributed by atoms with van der Waals surface area (Å²) in [4.78, 5) is 6.70. The lowest BCUT2D eigenvalue weighted by Crippen LogP contribution is -2.37. The molecular weight excluding hydrogens is 414 g/mol. The third kappa shape index (κ3) is 6.36. The third-order valence-electron chi connectivity index (χ3n) is 6.46. The summed E-state index contributed by atoms with van der Waals surface area (Å²) in [6, 6.07) is 14.4. The minimum absolute atomic E-state index is 0.340. The highest BCUT2D eigenvalue weighted by atomic mass is 16.5. The Hall–Kier alpha value is -2.83. The first-order chi connectivity index (χ1) is 15.9. The van der Waals surface area contributed by atoms with E-state index in [-0.39, 0.29) is 0 Å². The second-order valence-corrected chi connectivity index (χ2v) is 9.30. The number of likely N-dealkylation sites (tertiary alicyclic amines) is 1. The Morgan fingerprint density at radius 3 is 2.58 bits per heavy atom. The first kappa shape index (κ1) is 23.3. The lowest BCUT2D eigenvalue weighted by atomic mass is 9.96. The van der Waals surface area contributed by atoms with Gasteiger partial charge in [0.15, 0.2) is 0 Å². The molecule has 0 spiro atoms. The molecule has 0 bridgehead atoms. The van der Waals surface area contributed by atoms with Crippen molar-refractivity contribution < 1.29 is 14.6 Å². The van der Waals surface area contributed by atoms with E-state index < -0.39 is 5.60 Å². The Kier molecular flexibility index (Phi) is 7.36. The number of benzene rings is 2. The first-order valence-electron chi connectivity index (χ1n) is 11.7. The molecule has 6 nitrogen and oxygen atoms in total. The van der Waals surface area contributed by atoms with E-state index in [4.69, 9.17) is 9.47 Å². The van der Waals surface area contributed by atoms with Gasteiger partial charge in [-0.2, -0.15) is 0 Å². The van der Waals surface area contributed by atoms with Gasteiger partial charge in [-0.15, -0.1) is 0 Å². The Morgan fingerprint density at radius 1 is 1.03 bits per heavy atom. The zero-order chi connectivity index (χ0) is 23.3. The molecule has 0 saturated carbocycles. The number of rotatable bonds is 8. The summed E-state index contributed by atoms with van der Waals surface area (Å²) in [5.74, 6) is 2.61. The van der Waals surface area contributed by atoms with Gasteiger partial charge in [0.2, 0.25) is 0 Å². The summed E-state index contributed by atoms with van der Waals surface area (Å²) in [7, 11) is 1.97. The van der Waals surface area contributed by atoms with E-state index in [2.05, 4.69) is 48.0 Å². The minimum atomic E-state index is -0.783. The van der Waals surface area contributed by atoms with E-state index in [1.807, 2.05) is 36.0 Å². The van der Waals surface area contributed by atoms with Crippen LogP contribution in [0.4, 0.5) is 0 Å². The van der Waals surface area contributed by atoms with Crippen LogP contribution in [0.15, 0.2) is 54.9 Å². The molecule has 2 aromatic carbocycles. The van der Waals surface area contributed by atoms with Gasteiger partial charge in [0.1, 0.15) is 30.5 Å². The van der Waals surface area contributed by atoms with Crippen molar-refractivity contribution in [3.8, 4) is 11.5 Å². The molecule has 3 aromatic rings. The zero-order valence-electron chi connectivity index (χ0n) is 20.0. The fourth-order valence-corrected chi connectivity index (χ4v) is 4.34. The third-order valence-corrected chi connectivity index (χ3v) is 6.46. The smallest absolute Gasteiger partial charge is 0.146 e. The van der Waals surface area contributed by atoms with Crippen LogP contribution in [0.5, 0.6) is 11.5 Å². The summed E-state index contributed by atoms with van der Waals surface area (Å²) in [6.45, 7) is 7.62. The van der Waals surface area contributed by atoms with Crippen LogP contribution in [0.1, 0.15) is 41.8 Å². The van der Waals surface area contributed by atoms with Gasteiger partial charge in [0.05, 0.1) is 5.60 Å². The average molecular weight is 450 g/mol. The van der Waals surface area contributed by atoms with Gasteiger partial charge in [0, 0.05) is 32.5 Å². The molecule has 1 aliphatic heterocycles. The predicted molar refractivity (Wildman–Crippen MR) is 129 cm³/mol. The normalized spacial score (nSPS) is 19.3. The molecular formula is C27H35N3O3. The topological polar surface area (TPSA) is 59.8 Å². The highest BCUT2D eigenvalue weighted by molar-refractivity contribution is 5.35. The number of nitrogens with zero attached hydrogens (tertiary/aromatic N) is 3. The molecule has 1 saturated heterocycles. The van der Waals surface area contributed by atoms with Gasteiger partial charge in [-0.05, 0) is 69.0 Å². The van der Waals surface area contributed by atoms with Gasteiger partial charge in [0.25, 0.3) is 0 Å². The number of aromatic nitrogens is 2. The van der Waals surface area contributed by atoms with E-state index >= 15 is 0 Å². The molecule has 33 heavy (non-hydrogen) atoms. The molecule has 0 unspecified atom stereocenters. The Labute approximate surface area is 196 Å². The van der Waals surface area contributed by atoms with Crippen molar-refractivity contribution in [2.75, 3.05) is 19.7 Å². The first-order valence-corrected chi connectivity index (χ1v) is 11.7. The van der Waals surface area contributed by atoms with E-state index in [0.29, 0.717) is 19.6 Å². The van der Waals surface area contributed by atoms with E-state index in [9.17, 15) is 5.11 Å². The SMILES string of the molecule is Cc1ccc(OC[C@]2(O)CCCN(Cc3ccc(OCc4nccn4C)cc3)CC2)c(C)c1. The molecule has 0 radical (unpaired) electrons. The monoisotopic (exact) mass is 449 g/mol. The lowest BCUT2D eigenvalue weighted by molar-refractivity contribution is -0.0170. The maximum atomic E-state index is 11.2. The van der Waals surface area contributed by atoms with E-state index in [1.54, 1.807) is 6.20 Å². The summed E-state index contributed by atoms with van der Waals surface area (Å²) >= 11 is 0. The quantitative estimate of drug-likeness (QED) is 0.552. The largest absolute Gasteiger partial charge is 0.490 e. The van der Waals surface area contributed by atoms with Gasteiger partial charge >= 0.3 is 0 Å². The summed E-state index contributed by atoms with van der Waals surface area (Å²) in [6.07, 6.45) is 6.12. The number of aliphatic hydroxyl groups is 1. The predicted octanol–water partition coefficient (Wildman–Crippen LogP) is 4.41. The molecule has 1 fully saturated rings. The van der Waals surface area contributed by atoms with Gasteiger partial charge in [-0.25, -0.2) is 4.98 Å². The second-order valence-electron chi connectivity index (χ2n) is 9.30. The molecule has 2 heterocycles. The fourth-order valence-electron chi connectivity index (χ4n) is 4.34. The van der Waals surface area contributed by atoms with Crippen molar-refractivity contribution in [1.82, 2.24) is 14.5 Å². The van der Waals surface area contributed by atoms with Gasteiger partial charge in [-0.3, -0.25) is 4.90 Å². The molecule has 4 rings (SSSR count). The Balaban J connectivity index is 1.26. The van der Waals surface area contributed by atoms with Crippen LogP contribution >= 0.6 is 0 Å². The minimum Gasteiger partial charge on any atom is -0.490 e. The van der Waals surface area contributed by atoms with E-state index in [1.165, 1.54) is 11.1 Å². The number of ether oxygens (including phenoxy) is 2. The maximum Gasteiger partial charge on any atom is 0.146 e. The van der Waals surface area contributed by atoms with Crippen LogP contribution in [0.2, 0.25) is 0 Å². The fraction of sp³-hybridized carbons (Fsp3) is 0.444. The van der Waals surface area contributed by atoms with Crippen LogP contribution in [-0.2, 0) is 20.2 Å². The number of hydrogen-bond acceptors (Lipinski definition) is 5. The molecule has 0 amide bonds. The number of imidazole rings is 1. The standard InChI is InChI=1S/C27H35N3O3/c1-21-5-10-25(22(2)17-21)33-20-27(31)11-4-14-30(15-12-27)18-23-6-8-24(9-7-23)32-19-26-28-13-16-29(26)3/h5-10,13,16-17,31H,4,11-12,14-15,18-20H2,1-3H3/t27-/m0/s1. The van der Waals surface area contributed by atoms with Crippen molar-refractivity contribution in [3.63, 3.8) is 0 Å². The number of aryl methyl sites for hydroxylation is 3. The molecule has 1 aliphatic rings. The summed E-state index contributed by atoms with van der Waals surface area (Å²) < 4.78 is 13.8. The molecule has 1 N–H and O–H groups in total. The highest BCUT2D eigenvalue weighted by Gasteiger charge is 2.31. The van der Waals surface area contributed by atoms with Crippen LogP contribution in [0.3, 0.4) is 0 Å². The van der Waals surface area contributed by atoms with Crippen molar-refractivity contribution in [2.45, 2.75) is 51.9 Å². The lowest BCUT2D eigenvalue weighted by Gasteiger charge is -2.27. The molecule has 1 aromatic heterocycles. The molecule has 1 atom stereocenters. The summed E-state index contributed by atoms with van der Waals surface area (Å²) in [5.41, 5.74) is 2.79. The van der Waals surface area contributed by atoms with Crippen molar-refractivity contribution >= 4 is 0 Å². The molecule has 0 aliphatic carbocycles. The highest BCUT2D eigenvalue weighted by Crippen LogP contribution is 2.27. The average Bonchev–Trinajstić information content (AvgIpc) is 3.11. The number of hydrogen-bond donors (Lipinski definition) is 1. The second kappa shape index (κ2) is 10.4. The van der Waals surface area contributed by atoms with Crippen molar-refractivity contribution in [3.05, 3.63) is 77.4 Å². The van der Waals surface area contributed by atoms with Crippen LogP contribution in [0.25, 0.3) is 0 Å².